The van der Waals surface area contributed by atoms with Crippen LogP contribution in [0.15, 0.2) is 53.4 Å². The molecule has 2 aliphatic heterocycles. The SMILES string of the molecule is CCN1N=CN2C1=Cn1c(cc3c(Cl)cc(Cl)cc31)-c1ccccc12. The Labute approximate surface area is 155 Å². The summed E-state index contributed by atoms with van der Waals surface area (Å²) < 4.78 is 2.15. The summed E-state index contributed by atoms with van der Waals surface area (Å²) >= 11 is 12.7. The number of rotatable bonds is 1. The molecule has 2 aliphatic rings. The van der Waals surface area contributed by atoms with E-state index in [1.165, 1.54) is 0 Å². The summed E-state index contributed by atoms with van der Waals surface area (Å²) in [6.07, 6.45) is 3.96. The lowest BCUT2D eigenvalue weighted by atomic mass is 10.1. The topological polar surface area (TPSA) is 23.8 Å². The smallest absolute Gasteiger partial charge is 0.152 e. The summed E-state index contributed by atoms with van der Waals surface area (Å²) in [6, 6.07) is 14.2. The van der Waals surface area contributed by atoms with Crippen molar-refractivity contribution in [2.24, 2.45) is 5.10 Å². The minimum absolute atomic E-state index is 0.626. The van der Waals surface area contributed by atoms with Crippen molar-refractivity contribution in [3.05, 3.63) is 58.3 Å². The van der Waals surface area contributed by atoms with Crippen molar-refractivity contribution in [2.75, 3.05) is 11.4 Å². The van der Waals surface area contributed by atoms with Crippen LogP contribution in [0.1, 0.15) is 6.92 Å². The molecule has 1 aromatic heterocycles. The zero-order chi connectivity index (χ0) is 17.1. The molecule has 124 valence electrons. The molecule has 6 heteroatoms. The van der Waals surface area contributed by atoms with Gasteiger partial charge in [0.2, 0.25) is 0 Å². The second-order valence-corrected chi connectivity index (χ2v) is 6.88. The summed E-state index contributed by atoms with van der Waals surface area (Å²) in [5.74, 6) is 1.00. The van der Waals surface area contributed by atoms with Crippen LogP contribution in [-0.2, 0) is 0 Å². The lowest BCUT2D eigenvalue weighted by molar-refractivity contribution is 0.403. The Bertz CT molecular complexity index is 1080. The van der Waals surface area contributed by atoms with E-state index in [0.717, 1.165) is 40.2 Å². The van der Waals surface area contributed by atoms with E-state index in [1.54, 1.807) is 6.07 Å². The van der Waals surface area contributed by atoms with Gasteiger partial charge in [0, 0.05) is 22.5 Å². The molecule has 3 heterocycles. The highest BCUT2D eigenvalue weighted by Gasteiger charge is 2.28. The summed E-state index contributed by atoms with van der Waals surface area (Å²) in [4.78, 5) is 2.11. The molecule has 25 heavy (non-hydrogen) atoms. The van der Waals surface area contributed by atoms with E-state index >= 15 is 0 Å². The van der Waals surface area contributed by atoms with E-state index in [4.69, 9.17) is 23.2 Å². The molecular weight excluding hydrogens is 355 g/mol. The average Bonchev–Trinajstić information content (AvgIpc) is 3.14. The molecule has 0 unspecified atom stereocenters. The van der Waals surface area contributed by atoms with Gasteiger partial charge < -0.3 is 4.57 Å². The fourth-order valence-corrected chi connectivity index (χ4v) is 4.06. The standard InChI is InChI=1S/C19H14Cl2N4/c1-2-25-19-10-23-17-8-12(20)7-15(21)14(17)9-18(23)13-5-3-4-6-16(13)24(19)11-22-25/h3-11H,2H2,1H3. The van der Waals surface area contributed by atoms with Crippen LogP contribution in [0.4, 0.5) is 5.69 Å². The molecule has 0 saturated heterocycles. The van der Waals surface area contributed by atoms with Gasteiger partial charge in [0.1, 0.15) is 6.34 Å². The van der Waals surface area contributed by atoms with Crippen molar-refractivity contribution in [1.82, 2.24) is 9.58 Å². The number of hydrazone groups is 1. The number of hydrogen-bond acceptors (Lipinski definition) is 3. The van der Waals surface area contributed by atoms with Gasteiger partial charge in [0.05, 0.1) is 28.1 Å². The van der Waals surface area contributed by atoms with Crippen molar-refractivity contribution in [2.45, 2.75) is 6.92 Å². The first kappa shape index (κ1) is 14.9. The van der Waals surface area contributed by atoms with Gasteiger partial charge >= 0.3 is 0 Å². The van der Waals surface area contributed by atoms with E-state index in [9.17, 15) is 0 Å². The first-order chi connectivity index (χ1) is 12.2. The lowest BCUT2D eigenvalue weighted by Crippen LogP contribution is -2.23. The third-order valence-corrected chi connectivity index (χ3v) is 5.20. The maximum atomic E-state index is 6.45. The fraction of sp³-hybridized carbons (Fsp3) is 0.105. The second kappa shape index (κ2) is 5.28. The highest BCUT2D eigenvalue weighted by molar-refractivity contribution is 6.38. The Morgan fingerprint density at radius 3 is 2.76 bits per heavy atom. The first-order valence-electron chi connectivity index (χ1n) is 8.09. The van der Waals surface area contributed by atoms with Crippen LogP contribution in [0.5, 0.6) is 0 Å². The molecule has 2 aromatic carbocycles. The summed E-state index contributed by atoms with van der Waals surface area (Å²) in [5, 5.41) is 8.76. The average molecular weight is 369 g/mol. The molecule has 0 amide bonds. The minimum atomic E-state index is 0.626. The molecule has 5 rings (SSSR count). The van der Waals surface area contributed by atoms with Crippen molar-refractivity contribution >= 4 is 52.3 Å². The first-order valence-corrected chi connectivity index (χ1v) is 8.85. The van der Waals surface area contributed by atoms with Gasteiger partial charge in [-0.15, -0.1) is 0 Å². The molecule has 0 atom stereocenters. The molecule has 3 aromatic rings. The van der Waals surface area contributed by atoms with Gasteiger partial charge in [-0.3, -0.25) is 4.90 Å². The number of hydrogen-bond donors (Lipinski definition) is 0. The Balaban J connectivity index is 1.91. The molecule has 0 aliphatic carbocycles. The number of fused-ring (bicyclic) bond motifs is 7. The Hall–Kier alpha value is -2.43. The van der Waals surface area contributed by atoms with Crippen LogP contribution in [0.3, 0.4) is 0 Å². The Morgan fingerprint density at radius 2 is 1.92 bits per heavy atom. The molecule has 0 spiro atoms. The fourth-order valence-electron chi connectivity index (χ4n) is 3.53. The predicted molar refractivity (Wildman–Crippen MR) is 105 cm³/mol. The van der Waals surface area contributed by atoms with Crippen LogP contribution < -0.4 is 4.90 Å². The van der Waals surface area contributed by atoms with E-state index in [0.29, 0.717) is 10.0 Å². The monoisotopic (exact) mass is 368 g/mol. The normalized spacial score (nSPS) is 15.1. The highest BCUT2D eigenvalue weighted by atomic mass is 35.5. The Morgan fingerprint density at radius 1 is 1.08 bits per heavy atom. The second-order valence-electron chi connectivity index (χ2n) is 6.04. The van der Waals surface area contributed by atoms with Crippen molar-refractivity contribution in [3.8, 4) is 11.3 Å². The largest absolute Gasteiger partial charge is 0.312 e. The van der Waals surface area contributed by atoms with Crippen LogP contribution in [-0.4, -0.2) is 22.5 Å². The van der Waals surface area contributed by atoms with Crippen LogP contribution in [0, 0.1) is 0 Å². The number of benzene rings is 2. The number of nitrogens with zero attached hydrogens (tertiary/aromatic N) is 4. The maximum Gasteiger partial charge on any atom is 0.152 e. The molecule has 0 radical (unpaired) electrons. The highest BCUT2D eigenvalue weighted by Crippen LogP contribution is 2.42. The third-order valence-electron chi connectivity index (χ3n) is 4.67. The number of halogens is 2. The van der Waals surface area contributed by atoms with Gasteiger partial charge in [-0.1, -0.05) is 41.4 Å². The van der Waals surface area contributed by atoms with Crippen LogP contribution >= 0.6 is 23.2 Å². The maximum absolute atomic E-state index is 6.45. The Kier molecular flexibility index (Phi) is 3.14. The van der Waals surface area contributed by atoms with E-state index < -0.39 is 0 Å². The van der Waals surface area contributed by atoms with Gasteiger partial charge in [0.15, 0.2) is 5.82 Å². The van der Waals surface area contributed by atoms with Crippen molar-refractivity contribution in [3.63, 3.8) is 0 Å². The van der Waals surface area contributed by atoms with E-state index in [2.05, 4.69) is 45.9 Å². The van der Waals surface area contributed by atoms with Gasteiger partial charge in [0.25, 0.3) is 0 Å². The summed E-state index contributed by atoms with van der Waals surface area (Å²) in [7, 11) is 0. The third kappa shape index (κ3) is 2.04. The summed E-state index contributed by atoms with van der Waals surface area (Å²) in [6.45, 7) is 2.87. The number of anilines is 1. The lowest BCUT2D eigenvalue weighted by Gasteiger charge is -2.21. The molecule has 4 nitrogen and oxygen atoms in total. The van der Waals surface area contributed by atoms with Crippen LogP contribution in [0.2, 0.25) is 10.0 Å². The zero-order valence-corrected chi connectivity index (χ0v) is 15.0. The minimum Gasteiger partial charge on any atom is -0.312 e. The van der Waals surface area contributed by atoms with E-state index in [-0.39, 0.29) is 0 Å². The van der Waals surface area contributed by atoms with Gasteiger partial charge in [-0.05, 0) is 31.2 Å². The summed E-state index contributed by atoms with van der Waals surface area (Å²) in [5.41, 5.74) is 4.29. The molecule has 0 fully saturated rings. The number of para-hydroxylation sites is 1. The molecular formula is C19H14Cl2N4. The molecule has 0 saturated carbocycles. The van der Waals surface area contributed by atoms with Crippen LogP contribution in [0.25, 0.3) is 28.4 Å². The van der Waals surface area contributed by atoms with Gasteiger partial charge in [-0.25, -0.2) is 5.01 Å². The zero-order valence-electron chi connectivity index (χ0n) is 13.4. The molecule has 0 N–H and O–H groups in total. The quantitative estimate of drug-likeness (QED) is 0.568. The molecule has 0 bridgehead atoms. The number of aromatic nitrogens is 1. The van der Waals surface area contributed by atoms with Crippen molar-refractivity contribution < 1.29 is 0 Å². The van der Waals surface area contributed by atoms with E-state index in [1.807, 2.05) is 29.5 Å². The van der Waals surface area contributed by atoms with Crippen molar-refractivity contribution in [1.29, 1.82) is 0 Å². The van der Waals surface area contributed by atoms with Gasteiger partial charge in [-0.2, -0.15) is 5.10 Å². The predicted octanol–water partition coefficient (Wildman–Crippen LogP) is 5.47.